The minimum Gasteiger partial charge on any atom is -0.384 e. The molecule has 1 fully saturated rings. The van der Waals surface area contributed by atoms with Crippen molar-refractivity contribution in [1.29, 1.82) is 0 Å². The van der Waals surface area contributed by atoms with Gasteiger partial charge in [0, 0.05) is 43.9 Å². The van der Waals surface area contributed by atoms with Gasteiger partial charge in [0.25, 0.3) is 0 Å². The quantitative estimate of drug-likeness (QED) is 0.589. The Kier molecular flexibility index (Phi) is 3.94. The van der Waals surface area contributed by atoms with Crippen molar-refractivity contribution >= 4 is 22.5 Å². The van der Waals surface area contributed by atoms with E-state index in [1.807, 2.05) is 29.0 Å². The van der Waals surface area contributed by atoms with Crippen molar-refractivity contribution in [2.45, 2.75) is 18.9 Å². The molecule has 0 unspecified atom stereocenters. The number of hydrogen-bond acceptors (Lipinski definition) is 6. The second kappa shape index (κ2) is 6.59. The molecule has 1 aliphatic rings. The van der Waals surface area contributed by atoms with E-state index in [0.29, 0.717) is 17.9 Å². The molecular weight excluding hydrogens is 340 g/mol. The molecule has 1 aromatic carbocycles. The molecular formula is C20H20N6O. The lowest BCUT2D eigenvalue weighted by atomic mass is 9.81. The molecule has 3 aromatic heterocycles. The molecule has 0 spiro atoms. The summed E-state index contributed by atoms with van der Waals surface area (Å²) < 4.78 is 7.07. The standard InChI is InChI=1S/C20H20N6O/c1-27-12-13-8-15(9-13)24-20-23-11-19-16(4-7-26(19)25-20)14-2-3-17-18(10-14)22-6-5-21-17/h2-7,10-11,13,15H,8-9,12H2,1H3,(H,24,25). The largest absolute Gasteiger partial charge is 0.384 e. The van der Waals surface area contributed by atoms with Crippen LogP contribution in [0.25, 0.3) is 27.7 Å². The molecule has 0 radical (unpaired) electrons. The molecule has 5 rings (SSSR count). The molecule has 1 aliphatic carbocycles. The Morgan fingerprint density at radius 1 is 1.11 bits per heavy atom. The number of benzene rings is 1. The van der Waals surface area contributed by atoms with E-state index in [9.17, 15) is 0 Å². The Labute approximate surface area is 156 Å². The highest BCUT2D eigenvalue weighted by atomic mass is 16.5. The monoisotopic (exact) mass is 360 g/mol. The third-order valence-corrected chi connectivity index (χ3v) is 5.17. The average molecular weight is 360 g/mol. The summed E-state index contributed by atoms with van der Waals surface area (Å²) >= 11 is 0. The summed E-state index contributed by atoms with van der Waals surface area (Å²) in [4.78, 5) is 13.2. The highest BCUT2D eigenvalue weighted by Gasteiger charge is 2.29. The van der Waals surface area contributed by atoms with E-state index < -0.39 is 0 Å². The van der Waals surface area contributed by atoms with Crippen molar-refractivity contribution in [3.63, 3.8) is 0 Å². The van der Waals surface area contributed by atoms with E-state index in [2.05, 4.69) is 37.5 Å². The van der Waals surface area contributed by atoms with Crippen LogP contribution in [-0.4, -0.2) is 44.3 Å². The smallest absolute Gasteiger partial charge is 0.241 e. The van der Waals surface area contributed by atoms with Gasteiger partial charge >= 0.3 is 0 Å². The van der Waals surface area contributed by atoms with Gasteiger partial charge in [-0.05, 0) is 42.5 Å². The number of ether oxygens (including phenoxy) is 1. The van der Waals surface area contributed by atoms with E-state index in [1.165, 1.54) is 0 Å². The first-order valence-electron chi connectivity index (χ1n) is 9.11. The van der Waals surface area contributed by atoms with Gasteiger partial charge in [-0.2, -0.15) is 0 Å². The van der Waals surface area contributed by atoms with Crippen LogP contribution in [0.3, 0.4) is 0 Å². The predicted octanol–water partition coefficient (Wildman–Crippen LogP) is 3.18. The van der Waals surface area contributed by atoms with E-state index >= 15 is 0 Å². The van der Waals surface area contributed by atoms with Crippen molar-refractivity contribution < 1.29 is 4.74 Å². The summed E-state index contributed by atoms with van der Waals surface area (Å²) in [7, 11) is 1.75. The molecule has 1 saturated carbocycles. The highest BCUT2D eigenvalue weighted by molar-refractivity contribution is 5.86. The van der Waals surface area contributed by atoms with Crippen LogP contribution in [0.15, 0.2) is 49.1 Å². The summed E-state index contributed by atoms with van der Waals surface area (Å²) in [6, 6.07) is 8.59. The van der Waals surface area contributed by atoms with Gasteiger partial charge in [0.1, 0.15) is 0 Å². The number of anilines is 1. The molecule has 7 nitrogen and oxygen atoms in total. The number of nitrogens with one attached hydrogen (secondary N) is 1. The molecule has 0 bridgehead atoms. The number of fused-ring (bicyclic) bond motifs is 2. The van der Waals surface area contributed by atoms with Crippen molar-refractivity contribution in [1.82, 2.24) is 24.6 Å². The summed E-state index contributed by atoms with van der Waals surface area (Å²) in [6.07, 6.45) is 9.46. The van der Waals surface area contributed by atoms with Crippen LogP contribution in [0.5, 0.6) is 0 Å². The van der Waals surface area contributed by atoms with E-state index in [-0.39, 0.29) is 0 Å². The summed E-state index contributed by atoms with van der Waals surface area (Å²) in [5, 5.41) is 8.03. The Bertz CT molecular complexity index is 1100. The van der Waals surface area contributed by atoms with Gasteiger partial charge in [0.05, 0.1) is 22.7 Å². The highest BCUT2D eigenvalue weighted by Crippen LogP contribution is 2.30. The molecule has 0 saturated heterocycles. The minimum absolute atomic E-state index is 0.427. The number of hydrogen-bond donors (Lipinski definition) is 1. The second-order valence-electron chi connectivity index (χ2n) is 7.03. The molecule has 7 heteroatoms. The van der Waals surface area contributed by atoms with Crippen LogP contribution >= 0.6 is 0 Å². The predicted molar refractivity (Wildman–Crippen MR) is 104 cm³/mol. The molecule has 136 valence electrons. The first kappa shape index (κ1) is 16.1. The number of methoxy groups -OCH3 is 1. The van der Waals surface area contributed by atoms with E-state index in [1.54, 1.807) is 19.5 Å². The summed E-state index contributed by atoms with van der Waals surface area (Å²) in [6.45, 7) is 0.829. The number of aromatic nitrogens is 5. The zero-order valence-electron chi connectivity index (χ0n) is 15.0. The molecule has 1 N–H and O–H groups in total. The molecule has 4 aromatic rings. The Morgan fingerprint density at radius 3 is 2.81 bits per heavy atom. The lowest BCUT2D eigenvalue weighted by Gasteiger charge is -2.35. The van der Waals surface area contributed by atoms with Gasteiger partial charge in [-0.15, -0.1) is 5.10 Å². The lowest BCUT2D eigenvalue weighted by molar-refractivity contribution is 0.104. The zero-order valence-corrected chi connectivity index (χ0v) is 15.0. The van der Waals surface area contributed by atoms with Crippen molar-refractivity contribution in [2.24, 2.45) is 5.92 Å². The Morgan fingerprint density at radius 2 is 1.96 bits per heavy atom. The number of rotatable bonds is 5. The lowest BCUT2D eigenvalue weighted by Crippen LogP contribution is -2.38. The molecule has 27 heavy (non-hydrogen) atoms. The Hall–Kier alpha value is -3.06. The van der Waals surface area contributed by atoms with Crippen LogP contribution in [0.1, 0.15) is 12.8 Å². The Balaban J connectivity index is 1.40. The van der Waals surface area contributed by atoms with Crippen molar-refractivity contribution in [3.8, 4) is 11.1 Å². The molecule has 0 amide bonds. The fraction of sp³-hybridized carbons (Fsp3) is 0.300. The first-order valence-corrected chi connectivity index (χ1v) is 9.11. The molecule has 0 atom stereocenters. The normalized spacial score (nSPS) is 19.3. The zero-order chi connectivity index (χ0) is 18.2. The number of nitrogens with zero attached hydrogens (tertiary/aromatic N) is 5. The van der Waals surface area contributed by atoms with Gasteiger partial charge in [-0.1, -0.05) is 6.07 Å². The first-order chi connectivity index (χ1) is 13.3. The SMILES string of the molecule is COCC1CC(Nc2ncc3c(-c4ccc5nccnc5c4)ccn3n2)C1. The van der Waals surface area contributed by atoms with Crippen molar-refractivity contribution in [3.05, 3.63) is 49.1 Å². The summed E-state index contributed by atoms with van der Waals surface area (Å²) in [5.74, 6) is 1.31. The summed E-state index contributed by atoms with van der Waals surface area (Å²) in [5.41, 5.74) is 4.90. The fourth-order valence-corrected chi connectivity index (χ4v) is 3.75. The van der Waals surface area contributed by atoms with Gasteiger partial charge in [-0.25, -0.2) is 9.50 Å². The van der Waals surface area contributed by atoms with Crippen LogP contribution in [0.2, 0.25) is 0 Å². The third kappa shape index (κ3) is 3.00. The van der Waals surface area contributed by atoms with E-state index in [0.717, 1.165) is 47.1 Å². The van der Waals surface area contributed by atoms with E-state index in [4.69, 9.17) is 4.74 Å². The van der Waals surface area contributed by atoms with Gasteiger partial charge < -0.3 is 10.1 Å². The fourth-order valence-electron chi connectivity index (χ4n) is 3.75. The van der Waals surface area contributed by atoms with Gasteiger partial charge in [-0.3, -0.25) is 9.97 Å². The van der Waals surface area contributed by atoms with Crippen LogP contribution in [-0.2, 0) is 4.74 Å². The average Bonchev–Trinajstić information content (AvgIpc) is 3.09. The van der Waals surface area contributed by atoms with Gasteiger partial charge in [0.15, 0.2) is 0 Å². The molecule has 3 heterocycles. The maximum atomic E-state index is 5.20. The van der Waals surface area contributed by atoms with Crippen molar-refractivity contribution in [2.75, 3.05) is 19.0 Å². The second-order valence-corrected chi connectivity index (χ2v) is 7.03. The van der Waals surface area contributed by atoms with Gasteiger partial charge in [0.2, 0.25) is 5.95 Å². The third-order valence-electron chi connectivity index (χ3n) is 5.17. The van der Waals surface area contributed by atoms with Crippen LogP contribution in [0.4, 0.5) is 5.95 Å². The maximum absolute atomic E-state index is 5.20. The van der Waals surface area contributed by atoms with Crippen LogP contribution < -0.4 is 5.32 Å². The molecule has 0 aliphatic heterocycles. The topological polar surface area (TPSA) is 77.2 Å². The maximum Gasteiger partial charge on any atom is 0.241 e. The minimum atomic E-state index is 0.427. The van der Waals surface area contributed by atoms with Crippen LogP contribution in [0, 0.1) is 5.92 Å².